The van der Waals surface area contributed by atoms with Crippen molar-refractivity contribution in [3.05, 3.63) is 59.4 Å². The molecule has 0 spiro atoms. The van der Waals surface area contributed by atoms with E-state index in [4.69, 9.17) is 11.6 Å². The van der Waals surface area contributed by atoms with Crippen LogP contribution in [0.15, 0.2) is 48.7 Å². The van der Waals surface area contributed by atoms with E-state index >= 15 is 0 Å². The first-order valence-electron chi connectivity index (χ1n) is 7.38. The SMILES string of the molecule is CC1CN(c2ccccc2)CCN1C(=O)c1cccnc1Cl. The number of carbonyl (C=O) groups is 1. The molecule has 0 N–H and O–H groups in total. The van der Waals surface area contributed by atoms with Crippen molar-refractivity contribution >= 4 is 23.2 Å². The van der Waals surface area contributed by atoms with Crippen molar-refractivity contribution < 1.29 is 4.79 Å². The summed E-state index contributed by atoms with van der Waals surface area (Å²) in [5.74, 6) is -0.0432. The maximum atomic E-state index is 12.7. The topological polar surface area (TPSA) is 36.4 Å². The van der Waals surface area contributed by atoms with Crippen molar-refractivity contribution in [3.8, 4) is 0 Å². The Morgan fingerprint density at radius 2 is 1.95 bits per heavy atom. The van der Waals surface area contributed by atoms with Crippen LogP contribution in [0.3, 0.4) is 0 Å². The van der Waals surface area contributed by atoms with Crippen molar-refractivity contribution in [1.82, 2.24) is 9.88 Å². The molecule has 3 rings (SSSR count). The van der Waals surface area contributed by atoms with E-state index in [2.05, 4.69) is 28.9 Å². The molecular weight excluding hydrogens is 298 g/mol. The van der Waals surface area contributed by atoms with E-state index in [1.165, 1.54) is 5.69 Å². The van der Waals surface area contributed by atoms with Gasteiger partial charge in [0.15, 0.2) is 0 Å². The van der Waals surface area contributed by atoms with E-state index in [0.29, 0.717) is 12.1 Å². The number of piperazine rings is 1. The monoisotopic (exact) mass is 315 g/mol. The van der Waals surface area contributed by atoms with Crippen LogP contribution in [0.2, 0.25) is 5.15 Å². The first-order chi connectivity index (χ1) is 10.7. The zero-order chi connectivity index (χ0) is 15.5. The first kappa shape index (κ1) is 14.9. The summed E-state index contributed by atoms with van der Waals surface area (Å²) in [6.07, 6.45) is 1.59. The molecule has 1 saturated heterocycles. The van der Waals surface area contributed by atoms with Crippen molar-refractivity contribution in [3.63, 3.8) is 0 Å². The molecule has 1 fully saturated rings. The lowest BCUT2D eigenvalue weighted by molar-refractivity contribution is 0.0674. The number of hydrogen-bond donors (Lipinski definition) is 0. The minimum absolute atomic E-state index is 0.0432. The van der Waals surface area contributed by atoms with Crippen LogP contribution in [-0.2, 0) is 0 Å². The Morgan fingerprint density at radius 1 is 1.18 bits per heavy atom. The molecule has 0 aliphatic carbocycles. The summed E-state index contributed by atoms with van der Waals surface area (Å²) in [6, 6.07) is 13.9. The Hall–Kier alpha value is -2.07. The van der Waals surface area contributed by atoms with Crippen molar-refractivity contribution in [2.24, 2.45) is 0 Å². The molecule has 2 heterocycles. The Bertz CT molecular complexity index is 662. The standard InChI is InChI=1S/C17H18ClN3O/c1-13-12-20(14-6-3-2-4-7-14)10-11-21(13)17(22)15-8-5-9-19-16(15)18/h2-9,13H,10-12H2,1H3. The van der Waals surface area contributed by atoms with E-state index in [9.17, 15) is 4.79 Å². The molecule has 0 bridgehead atoms. The molecule has 1 aromatic carbocycles. The molecular formula is C17H18ClN3O. The summed E-state index contributed by atoms with van der Waals surface area (Å²) < 4.78 is 0. The van der Waals surface area contributed by atoms with Gasteiger partial charge in [-0.15, -0.1) is 0 Å². The lowest BCUT2D eigenvalue weighted by atomic mass is 10.1. The fourth-order valence-corrected chi connectivity index (χ4v) is 3.03. The molecule has 1 amide bonds. The van der Waals surface area contributed by atoms with Gasteiger partial charge in [0.25, 0.3) is 5.91 Å². The second-order valence-corrected chi connectivity index (χ2v) is 5.83. The number of anilines is 1. The second-order valence-electron chi connectivity index (χ2n) is 5.47. The second kappa shape index (κ2) is 6.36. The van der Waals surface area contributed by atoms with E-state index in [1.807, 2.05) is 23.1 Å². The van der Waals surface area contributed by atoms with Gasteiger partial charge >= 0.3 is 0 Å². The van der Waals surface area contributed by atoms with Gasteiger partial charge in [0.05, 0.1) is 5.56 Å². The Balaban J connectivity index is 1.73. The average molecular weight is 316 g/mol. The molecule has 4 nitrogen and oxygen atoms in total. The number of rotatable bonds is 2. The summed E-state index contributed by atoms with van der Waals surface area (Å²) in [6.45, 7) is 4.38. The number of benzene rings is 1. The third kappa shape index (κ3) is 2.92. The lowest BCUT2D eigenvalue weighted by Crippen LogP contribution is -2.54. The van der Waals surface area contributed by atoms with Crippen LogP contribution in [0.1, 0.15) is 17.3 Å². The highest BCUT2D eigenvalue weighted by Gasteiger charge is 2.29. The summed E-state index contributed by atoms with van der Waals surface area (Å²) in [5.41, 5.74) is 1.67. The predicted molar refractivity (Wildman–Crippen MR) is 88.4 cm³/mol. The molecule has 1 aliphatic heterocycles. The minimum Gasteiger partial charge on any atom is -0.368 e. The molecule has 0 saturated carbocycles. The van der Waals surface area contributed by atoms with Gasteiger partial charge in [-0.2, -0.15) is 0 Å². The fraction of sp³-hybridized carbons (Fsp3) is 0.294. The third-order valence-corrected chi connectivity index (χ3v) is 4.30. The largest absolute Gasteiger partial charge is 0.368 e. The molecule has 5 heteroatoms. The number of halogens is 1. The molecule has 1 unspecified atom stereocenters. The van der Waals surface area contributed by atoms with Crippen LogP contribution in [0.5, 0.6) is 0 Å². The van der Waals surface area contributed by atoms with Gasteiger partial charge < -0.3 is 9.80 Å². The molecule has 2 aromatic rings. The maximum absolute atomic E-state index is 12.7. The molecule has 1 atom stereocenters. The van der Waals surface area contributed by atoms with E-state index in [-0.39, 0.29) is 17.1 Å². The summed E-state index contributed by atoms with van der Waals surface area (Å²) in [4.78, 5) is 20.8. The van der Waals surface area contributed by atoms with Gasteiger partial charge in [-0.1, -0.05) is 29.8 Å². The summed E-state index contributed by atoms with van der Waals surface area (Å²) >= 11 is 6.04. The van der Waals surface area contributed by atoms with Gasteiger partial charge in [0, 0.05) is 37.6 Å². The van der Waals surface area contributed by atoms with Crippen molar-refractivity contribution in [1.29, 1.82) is 0 Å². The van der Waals surface area contributed by atoms with Gasteiger partial charge in [0.1, 0.15) is 5.15 Å². The molecule has 22 heavy (non-hydrogen) atoms. The number of aromatic nitrogens is 1. The summed E-state index contributed by atoms with van der Waals surface area (Å²) in [7, 11) is 0. The van der Waals surface area contributed by atoms with Crippen LogP contribution < -0.4 is 4.90 Å². The predicted octanol–water partition coefficient (Wildman–Crippen LogP) is 3.09. The fourth-order valence-electron chi connectivity index (χ4n) is 2.83. The number of para-hydroxylation sites is 1. The lowest BCUT2D eigenvalue weighted by Gasteiger charge is -2.41. The first-order valence-corrected chi connectivity index (χ1v) is 7.76. The Labute approximate surface area is 135 Å². The van der Waals surface area contributed by atoms with Crippen molar-refractivity contribution in [2.75, 3.05) is 24.5 Å². The van der Waals surface area contributed by atoms with E-state index < -0.39 is 0 Å². The van der Waals surface area contributed by atoms with Gasteiger partial charge in [-0.3, -0.25) is 4.79 Å². The van der Waals surface area contributed by atoms with Crippen LogP contribution in [0.4, 0.5) is 5.69 Å². The third-order valence-electron chi connectivity index (χ3n) is 4.00. The highest BCUT2D eigenvalue weighted by Crippen LogP contribution is 2.22. The highest BCUT2D eigenvalue weighted by molar-refractivity contribution is 6.32. The number of amides is 1. The molecule has 0 radical (unpaired) electrons. The van der Waals surface area contributed by atoms with Crippen LogP contribution >= 0.6 is 11.6 Å². The van der Waals surface area contributed by atoms with E-state index in [1.54, 1.807) is 18.3 Å². The molecule has 114 valence electrons. The van der Waals surface area contributed by atoms with Gasteiger partial charge in [0.2, 0.25) is 0 Å². The number of pyridine rings is 1. The normalized spacial score (nSPS) is 18.4. The maximum Gasteiger partial charge on any atom is 0.257 e. The average Bonchev–Trinajstić information content (AvgIpc) is 2.55. The van der Waals surface area contributed by atoms with Gasteiger partial charge in [-0.25, -0.2) is 4.98 Å². The van der Waals surface area contributed by atoms with Crippen LogP contribution in [0.25, 0.3) is 0 Å². The number of carbonyl (C=O) groups excluding carboxylic acids is 1. The number of hydrogen-bond acceptors (Lipinski definition) is 3. The Morgan fingerprint density at radius 3 is 2.64 bits per heavy atom. The van der Waals surface area contributed by atoms with E-state index in [0.717, 1.165) is 13.1 Å². The van der Waals surface area contributed by atoms with Gasteiger partial charge in [-0.05, 0) is 31.2 Å². The van der Waals surface area contributed by atoms with Crippen molar-refractivity contribution in [2.45, 2.75) is 13.0 Å². The van der Waals surface area contributed by atoms with Crippen LogP contribution in [0, 0.1) is 0 Å². The minimum atomic E-state index is -0.0432. The van der Waals surface area contributed by atoms with Crippen LogP contribution in [-0.4, -0.2) is 41.5 Å². The zero-order valence-corrected chi connectivity index (χ0v) is 13.2. The molecule has 1 aromatic heterocycles. The molecule has 1 aliphatic rings. The Kier molecular flexibility index (Phi) is 4.29. The quantitative estimate of drug-likeness (QED) is 0.799. The summed E-state index contributed by atoms with van der Waals surface area (Å²) in [5, 5.41) is 0.269. The smallest absolute Gasteiger partial charge is 0.257 e. The zero-order valence-electron chi connectivity index (χ0n) is 12.4. The number of nitrogens with zero attached hydrogens (tertiary/aromatic N) is 3. The highest BCUT2D eigenvalue weighted by atomic mass is 35.5.